The van der Waals surface area contributed by atoms with Crippen LogP contribution in [-0.4, -0.2) is 23.0 Å². The van der Waals surface area contributed by atoms with Crippen molar-refractivity contribution in [1.82, 2.24) is 5.32 Å². The molecule has 0 radical (unpaired) electrons. The molecule has 0 heterocycles. The van der Waals surface area contributed by atoms with Crippen molar-refractivity contribution in [2.75, 3.05) is 0 Å². The lowest BCUT2D eigenvalue weighted by Gasteiger charge is -2.14. The third kappa shape index (κ3) is 4.98. The molecule has 1 aromatic carbocycles. The van der Waals surface area contributed by atoms with Gasteiger partial charge in [0.05, 0.1) is 10.0 Å². The summed E-state index contributed by atoms with van der Waals surface area (Å²) in [7, 11) is 0. The first-order valence-electron chi connectivity index (χ1n) is 5.88. The molecule has 0 aromatic heterocycles. The van der Waals surface area contributed by atoms with Gasteiger partial charge in [0.1, 0.15) is 5.82 Å². The summed E-state index contributed by atoms with van der Waals surface area (Å²) in [5.41, 5.74) is 0.227. The molecule has 1 amide bonds. The number of halogens is 2. The minimum atomic E-state index is -0.855. The van der Waals surface area contributed by atoms with Gasteiger partial charge in [0.2, 0.25) is 0 Å². The van der Waals surface area contributed by atoms with Crippen LogP contribution in [-0.2, 0) is 4.79 Å². The molecule has 0 bridgehead atoms. The molecule has 6 heteroatoms. The minimum Gasteiger partial charge on any atom is -0.481 e. The monoisotopic (exact) mass is 331 g/mol. The third-order valence-electron chi connectivity index (χ3n) is 2.60. The van der Waals surface area contributed by atoms with E-state index in [1.807, 2.05) is 0 Å². The molecular formula is C13H15BrFNO3. The molecule has 0 saturated carbocycles. The van der Waals surface area contributed by atoms with Gasteiger partial charge in [0.25, 0.3) is 5.91 Å². The van der Waals surface area contributed by atoms with Crippen molar-refractivity contribution in [1.29, 1.82) is 0 Å². The molecule has 0 spiro atoms. The van der Waals surface area contributed by atoms with Crippen molar-refractivity contribution in [3.05, 3.63) is 34.1 Å². The minimum absolute atomic E-state index is 0.0733. The maximum absolute atomic E-state index is 13.3. The van der Waals surface area contributed by atoms with Gasteiger partial charge in [-0.15, -0.1) is 0 Å². The zero-order valence-corrected chi connectivity index (χ0v) is 12.0. The number of hydrogen-bond acceptors (Lipinski definition) is 2. The highest BCUT2D eigenvalue weighted by molar-refractivity contribution is 9.10. The van der Waals surface area contributed by atoms with Crippen LogP contribution in [0.25, 0.3) is 0 Å². The molecule has 1 atom stereocenters. The predicted octanol–water partition coefficient (Wildman–Crippen LogP) is 2.96. The molecule has 1 rings (SSSR count). The summed E-state index contributed by atoms with van der Waals surface area (Å²) in [6.45, 7) is 1.78. The Kier molecular flexibility index (Phi) is 5.95. The van der Waals surface area contributed by atoms with Crippen LogP contribution in [0, 0.1) is 5.82 Å². The Morgan fingerprint density at radius 2 is 2.16 bits per heavy atom. The van der Waals surface area contributed by atoms with Crippen LogP contribution in [0.15, 0.2) is 22.7 Å². The molecule has 0 aliphatic rings. The Bertz CT molecular complexity index is 479. The Hall–Kier alpha value is -1.43. The first-order valence-corrected chi connectivity index (χ1v) is 6.67. The first-order chi connectivity index (χ1) is 8.91. The largest absolute Gasteiger partial charge is 0.481 e. The van der Waals surface area contributed by atoms with Crippen molar-refractivity contribution < 1.29 is 19.1 Å². The SMILES string of the molecule is CC(CCCC(=O)O)NC(=O)c1cccc(F)c1Br. The fourth-order valence-corrected chi connectivity index (χ4v) is 2.06. The lowest BCUT2D eigenvalue weighted by Crippen LogP contribution is -2.32. The number of nitrogens with one attached hydrogen (secondary N) is 1. The normalized spacial score (nSPS) is 11.9. The zero-order chi connectivity index (χ0) is 14.4. The number of aliphatic carboxylic acids is 1. The van der Waals surface area contributed by atoms with Gasteiger partial charge in [-0.2, -0.15) is 0 Å². The van der Waals surface area contributed by atoms with Crippen LogP contribution in [0.1, 0.15) is 36.5 Å². The van der Waals surface area contributed by atoms with Crippen LogP contribution in [0.4, 0.5) is 4.39 Å². The van der Waals surface area contributed by atoms with Crippen LogP contribution >= 0.6 is 15.9 Å². The number of carbonyl (C=O) groups is 2. The summed E-state index contributed by atoms with van der Waals surface area (Å²) in [5, 5.41) is 11.2. The molecule has 0 fully saturated rings. The second-order valence-corrected chi connectivity index (χ2v) is 5.05. The molecule has 4 nitrogen and oxygen atoms in total. The number of benzene rings is 1. The lowest BCUT2D eigenvalue weighted by atomic mass is 10.1. The molecule has 1 unspecified atom stereocenters. The summed E-state index contributed by atoms with van der Waals surface area (Å²) in [5.74, 6) is -1.73. The Balaban J connectivity index is 2.54. The molecule has 19 heavy (non-hydrogen) atoms. The van der Waals surface area contributed by atoms with E-state index in [9.17, 15) is 14.0 Å². The van der Waals surface area contributed by atoms with E-state index in [4.69, 9.17) is 5.11 Å². The highest BCUT2D eigenvalue weighted by Crippen LogP contribution is 2.20. The van der Waals surface area contributed by atoms with Gasteiger partial charge in [0.15, 0.2) is 0 Å². The predicted molar refractivity (Wildman–Crippen MR) is 72.5 cm³/mol. The van der Waals surface area contributed by atoms with E-state index in [2.05, 4.69) is 21.2 Å². The second kappa shape index (κ2) is 7.23. The van der Waals surface area contributed by atoms with Crippen molar-refractivity contribution in [2.45, 2.75) is 32.2 Å². The Morgan fingerprint density at radius 1 is 1.47 bits per heavy atom. The zero-order valence-electron chi connectivity index (χ0n) is 10.5. The maximum Gasteiger partial charge on any atom is 0.303 e. The van der Waals surface area contributed by atoms with Gasteiger partial charge in [-0.1, -0.05) is 6.07 Å². The van der Waals surface area contributed by atoms with E-state index in [1.54, 1.807) is 6.92 Å². The quantitative estimate of drug-likeness (QED) is 0.842. The van der Waals surface area contributed by atoms with E-state index in [-0.39, 0.29) is 28.4 Å². The summed E-state index contributed by atoms with van der Waals surface area (Å²) in [4.78, 5) is 22.3. The van der Waals surface area contributed by atoms with Crippen LogP contribution in [0.5, 0.6) is 0 Å². The van der Waals surface area contributed by atoms with Gasteiger partial charge in [-0.3, -0.25) is 9.59 Å². The fourth-order valence-electron chi connectivity index (χ4n) is 1.61. The number of carboxylic acids is 1. The van der Waals surface area contributed by atoms with E-state index in [1.165, 1.54) is 18.2 Å². The first kappa shape index (κ1) is 15.6. The van der Waals surface area contributed by atoms with Crippen LogP contribution in [0.3, 0.4) is 0 Å². The third-order valence-corrected chi connectivity index (χ3v) is 3.41. The Labute approximate surface area is 119 Å². The summed E-state index contributed by atoms with van der Waals surface area (Å²) >= 11 is 3.03. The number of hydrogen-bond donors (Lipinski definition) is 2. The molecule has 104 valence electrons. The van der Waals surface area contributed by atoms with E-state index in [0.29, 0.717) is 12.8 Å². The smallest absolute Gasteiger partial charge is 0.303 e. The maximum atomic E-state index is 13.3. The summed E-state index contributed by atoms with van der Waals surface area (Å²) < 4.78 is 13.4. The molecule has 0 aliphatic carbocycles. The molecule has 2 N–H and O–H groups in total. The number of carboxylic acid groups (broad SMARTS) is 1. The fraction of sp³-hybridized carbons (Fsp3) is 0.385. The van der Waals surface area contributed by atoms with Gasteiger partial charge < -0.3 is 10.4 Å². The van der Waals surface area contributed by atoms with Gasteiger partial charge in [-0.25, -0.2) is 4.39 Å². The van der Waals surface area contributed by atoms with Crippen LogP contribution in [0.2, 0.25) is 0 Å². The molecule has 0 saturated heterocycles. The summed E-state index contributed by atoms with van der Waals surface area (Å²) in [6.07, 6.45) is 1.12. The molecule has 1 aromatic rings. The standard InChI is InChI=1S/C13H15BrFNO3/c1-8(4-2-7-11(17)18)16-13(19)9-5-3-6-10(15)12(9)14/h3,5-6,8H,2,4,7H2,1H3,(H,16,19)(H,17,18). The highest BCUT2D eigenvalue weighted by Gasteiger charge is 2.15. The van der Waals surface area contributed by atoms with Gasteiger partial charge >= 0.3 is 5.97 Å². The molecule has 0 aliphatic heterocycles. The second-order valence-electron chi connectivity index (χ2n) is 4.26. The van der Waals surface area contributed by atoms with Crippen molar-refractivity contribution in [2.24, 2.45) is 0 Å². The van der Waals surface area contributed by atoms with Crippen molar-refractivity contribution in [3.63, 3.8) is 0 Å². The Morgan fingerprint density at radius 3 is 2.79 bits per heavy atom. The van der Waals surface area contributed by atoms with E-state index >= 15 is 0 Å². The summed E-state index contributed by atoms with van der Waals surface area (Å²) in [6, 6.07) is 4.08. The highest BCUT2D eigenvalue weighted by atomic mass is 79.9. The number of rotatable bonds is 6. The van der Waals surface area contributed by atoms with Crippen molar-refractivity contribution >= 4 is 27.8 Å². The topological polar surface area (TPSA) is 66.4 Å². The average molecular weight is 332 g/mol. The lowest BCUT2D eigenvalue weighted by molar-refractivity contribution is -0.137. The van der Waals surface area contributed by atoms with E-state index < -0.39 is 11.8 Å². The van der Waals surface area contributed by atoms with Gasteiger partial charge in [-0.05, 0) is 47.8 Å². The number of amides is 1. The number of carbonyl (C=O) groups excluding carboxylic acids is 1. The molecular weight excluding hydrogens is 317 g/mol. The van der Waals surface area contributed by atoms with E-state index in [0.717, 1.165) is 0 Å². The van der Waals surface area contributed by atoms with Crippen LogP contribution < -0.4 is 5.32 Å². The van der Waals surface area contributed by atoms with Crippen molar-refractivity contribution in [3.8, 4) is 0 Å². The average Bonchev–Trinajstić information content (AvgIpc) is 2.31. The van der Waals surface area contributed by atoms with Gasteiger partial charge in [0, 0.05) is 12.5 Å².